The van der Waals surface area contributed by atoms with Crippen LogP contribution in [0.4, 0.5) is 0 Å². The lowest BCUT2D eigenvalue weighted by molar-refractivity contribution is 0.0849. The van der Waals surface area contributed by atoms with Gasteiger partial charge < -0.3 is 10.4 Å². The highest BCUT2D eigenvalue weighted by Gasteiger charge is 2.28. The van der Waals surface area contributed by atoms with Crippen molar-refractivity contribution in [2.24, 2.45) is 0 Å². The molecular weight excluding hydrogens is 354 g/mol. The van der Waals surface area contributed by atoms with E-state index in [1.165, 1.54) is 0 Å². The molecule has 0 saturated carbocycles. The van der Waals surface area contributed by atoms with Gasteiger partial charge >= 0.3 is 0 Å². The number of carbonyl (C=O) groups excluding carboxylic acids is 1. The number of rotatable bonds is 4. The monoisotopic (exact) mass is 367 g/mol. The van der Waals surface area contributed by atoms with Crippen molar-refractivity contribution in [3.63, 3.8) is 0 Å². The average Bonchev–Trinajstić information content (AvgIpc) is 2.47. The second kappa shape index (κ2) is 6.60. The molecule has 0 saturated heterocycles. The van der Waals surface area contributed by atoms with Crippen LogP contribution in [0.15, 0.2) is 53.0 Å². The number of nitrogens with one attached hydrogen (secondary N) is 1. The minimum atomic E-state index is -0.850. The van der Waals surface area contributed by atoms with E-state index in [1.54, 1.807) is 25.1 Å². The fourth-order valence-corrected chi connectivity index (χ4v) is 2.86. The van der Waals surface area contributed by atoms with E-state index in [0.717, 1.165) is 5.56 Å². The normalized spacial score (nSPS) is 13.5. The predicted molar refractivity (Wildman–Crippen MR) is 87.5 cm³/mol. The molecule has 0 heterocycles. The van der Waals surface area contributed by atoms with Crippen LogP contribution in [0.3, 0.4) is 0 Å². The Morgan fingerprint density at radius 3 is 2.52 bits per heavy atom. The maximum Gasteiger partial charge on any atom is 0.253 e. The Balaban J connectivity index is 2.28. The van der Waals surface area contributed by atoms with E-state index < -0.39 is 5.54 Å². The average molecular weight is 369 g/mol. The van der Waals surface area contributed by atoms with Crippen LogP contribution in [0.2, 0.25) is 5.02 Å². The zero-order chi connectivity index (χ0) is 15.5. The fourth-order valence-electron chi connectivity index (χ4n) is 2.00. The van der Waals surface area contributed by atoms with Crippen LogP contribution >= 0.6 is 27.5 Å². The van der Waals surface area contributed by atoms with Gasteiger partial charge in [-0.1, -0.05) is 41.9 Å². The van der Waals surface area contributed by atoms with E-state index in [4.69, 9.17) is 11.6 Å². The summed E-state index contributed by atoms with van der Waals surface area (Å²) in [6.45, 7) is 1.58. The number of aliphatic hydroxyl groups excluding tert-OH is 1. The Bertz CT molecular complexity index is 648. The van der Waals surface area contributed by atoms with Crippen molar-refractivity contribution in [2.45, 2.75) is 12.5 Å². The van der Waals surface area contributed by atoms with Gasteiger partial charge in [0.15, 0.2) is 0 Å². The molecule has 110 valence electrons. The maximum absolute atomic E-state index is 12.4. The van der Waals surface area contributed by atoms with Gasteiger partial charge in [-0.3, -0.25) is 4.79 Å². The summed E-state index contributed by atoms with van der Waals surface area (Å²) in [5, 5.41) is 13.1. The van der Waals surface area contributed by atoms with E-state index in [-0.39, 0.29) is 12.5 Å². The third-order valence-electron chi connectivity index (χ3n) is 3.29. The first-order valence-corrected chi connectivity index (χ1v) is 7.57. The largest absolute Gasteiger partial charge is 0.394 e. The zero-order valence-electron chi connectivity index (χ0n) is 11.4. The van der Waals surface area contributed by atoms with Gasteiger partial charge in [0.25, 0.3) is 5.91 Å². The summed E-state index contributed by atoms with van der Waals surface area (Å²) in [6.07, 6.45) is 0. The molecule has 2 N–H and O–H groups in total. The Kier molecular flexibility index (Phi) is 5.04. The molecule has 2 rings (SSSR count). The second-order valence-corrected chi connectivity index (χ2v) is 6.23. The third-order valence-corrected chi connectivity index (χ3v) is 4.18. The molecule has 1 amide bonds. The quantitative estimate of drug-likeness (QED) is 0.863. The van der Waals surface area contributed by atoms with Gasteiger partial charge in [-0.15, -0.1) is 0 Å². The molecule has 2 aromatic carbocycles. The summed E-state index contributed by atoms with van der Waals surface area (Å²) < 4.78 is 0.612. The molecule has 0 bridgehead atoms. The number of aliphatic hydroxyl groups is 1. The van der Waals surface area contributed by atoms with Crippen molar-refractivity contribution in [3.8, 4) is 0 Å². The summed E-state index contributed by atoms with van der Waals surface area (Å²) in [4.78, 5) is 12.4. The minimum absolute atomic E-state index is 0.200. The Morgan fingerprint density at radius 1 is 1.29 bits per heavy atom. The summed E-state index contributed by atoms with van der Waals surface area (Å²) in [5.74, 6) is -0.279. The highest BCUT2D eigenvalue weighted by atomic mass is 79.9. The molecule has 1 unspecified atom stereocenters. The van der Waals surface area contributed by atoms with Gasteiger partial charge in [0.05, 0.1) is 17.7 Å². The molecule has 5 heteroatoms. The van der Waals surface area contributed by atoms with Crippen LogP contribution in [-0.2, 0) is 5.54 Å². The molecule has 0 aliphatic carbocycles. The smallest absolute Gasteiger partial charge is 0.253 e. The van der Waals surface area contributed by atoms with Gasteiger partial charge in [0.2, 0.25) is 0 Å². The molecule has 0 radical (unpaired) electrons. The van der Waals surface area contributed by atoms with E-state index in [1.807, 2.05) is 30.3 Å². The van der Waals surface area contributed by atoms with Crippen LogP contribution in [0.5, 0.6) is 0 Å². The van der Waals surface area contributed by atoms with Crippen molar-refractivity contribution in [1.29, 1.82) is 0 Å². The van der Waals surface area contributed by atoms with Crippen LogP contribution in [-0.4, -0.2) is 17.6 Å². The van der Waals surface area contributed by atoms with Gasteiger partial charge in [-0.25, -0.2) is 0 Å². The number of benzene rings is 2. The van der Waals surface area contributed by atoms with E-state index in [0.29, 0.717) is 15.1 Å². The van der Waals surface area contributed by atoms with E-state index in [2.05, 4.69) is 21.2 Å². The topological polar surface area (TPSA) is 49.3 Å². The number of hydrogen-bond acceptors (Lipinski definition) is 2. The van der Waals surface area contributed by atoms with E-state index in [9.17, 15) is 9.90 Å². The Labute approximate surface area is 137 Å². The molecule has 0 aliphatic rings. The van der Waals surface area contributed by atoms with Crippen LogP contribution < -0.4 is 5.32 Å². The SMILES string of the molecule is CC(CO)(NC(=O)c1ccc(Cl)cc1Br)c1ccccc1. The molecule has 0 spiro atoms. The fraction of sp³-hybridized carbons (Fsp3) is 0.188. The minimum Gasteiger partial charge on any atom is -0.394 e. The number of amides is 1. The van der Waals surface area contributed by atoms with Crippen LogP contribution in [0, 0.1) is 0 Å². The van der Waals surface area contributed by atoms with Crippen molar-refractivity contribution < 1.29 is 9.90 Å². The predicted octanol–water partition coefficient (Wildman–Crippen LogP) is 3.74. The first kappa shape index (κ1) is 16.0. The lowest BCUT2D eigenvalue weighted by atomic mass is 9.92. The molecular formula is C16H15BrClNO2. The standard InChI is InChI=1S/C16H15BrClNO2/c1-16(10-20,11-5-3-2-4-6-11)19-15(21)13-8-7-12(18)9-14(13)17/h2-9,20H,10H2,1H3,(H,19,21). The highest BCUT2D eigenvalue weighted by Crippen LogP contribution is 2.24. The molecule has 1 atom stereocenters. The first-order chi connectivity index (χ1) is 9.96. The molecule has 0 fully saturated rings. The number of hydrogen-bond donors (Lipinski definition) is 2. The summed E-state index contributed by atoms with van der Waals surface area (Å²) in [6, 6.07) is 14.3. The number of halogens is 2. The summed E-state index contributed by atoms with van der Waals surface area (Å²) in [7, 11) is 0. The molecule has 21 heavy (non-hydrogen) atoms. The van der Waals surface area contributed by atoms with E-state index >= 15 is 0 Å². The third kappa shape index (κ3) is 3.64. The first-order valence-electron chi connectivity index (χ1n) is 6.40. The summed E-state index contributed by atoms with van der Waals surface area (Å²) >= 11 is 9.20. The molecule has 2 aromatic rings. The van der Waals surface area contributed by atoms with Gasteiger partial charge in [0.1, 0.15) is 0 Å². The molecule has 0 aromatic heterocycles. The van der Waals surface area contributed by atoms with Crippen molar-refractivity contribution >= 4 is 33.4 Å². The van der Waals surface area contributed by atoms with Crippen molar-refractivity contribution in [3.05, 3.63) is 69.2 Å². The number of carbonyl (C=O) groups is 1. The van der Waals surface area contributed by atoms with Crippen molar-refractivity contribution in [2.75, 3.05) is 6.61 Å². The van der Waals surface area contributed by atoms with Gasteiger partial charge in [0, 0.05) is 9.50 Å². The Hall–Kier alpha value is -1.36. The lowest BCUT2D eigenvalue weighted by Crippen LogP contribution is -2.46. The van der Waals surface area contributed by atoms with Crippen LogP contribution in [0.1, 0.15) is 22.8 Å². The molecule has 0 aliphatic heterocycles. The maximum atomic E-state index is 12.4. The second-order valence-electron chi connectivity index (χ2n) is 4.93. The highest BCUT2D eigenvalue weighted by molar-refractivity contribution is 9.10. The van der Waals surface area contributed by atoms with Gasteiger partial charge in [-0.05, 0) is 46.6 Å². The summed E-state index contributed by atoms with van der Waals surface area (Å²) in [5.41, 5.74) is 0.457. The lowest BCUT2D eigenvalue weighted by Gasteiger charge is -2.29. The zero-order valence-corrected chi connectivity index (χ0v) is 13.8. The molecule has 3 nitrogen and oxygen atoms in total. The Morgan fingerprint density at radius 2 is 1.95 bits per heavy atom. The van der Waals surface area contributed by atoms with Gasteiger partial charge in [-0.2, -0.15) is 0 Å². The van der Waals surface area contributed by atoms with Crippen LogP contribution in [0.25, 0.3) is 0 Å². The van der Waals surface area contributed by atoms with Crippen molar-refractivity contribution in [1.82, 2.24) is 5.32 Å².